The third-order valence-electron chi connectivity index (χ3n) is 3.15. The summed E-state index contributed by atoms with van der Waals surface area (Å²) in [5.74, 6) is -0.466. The summed E-state index contributed by atoms with van der Waals surface area (Å²) in [6.07, 6.45) is 2.88. The average Bonchev–Trinajstić information content (AvgIpc) is 2.54. The number of carbonyl (C=O) groups is 1. The molecule has 0 saturated carbocycles. The highest BCUT2D eigenvalue weighted by molar-refractivity contribution is 6.31. The van der Waals surface area contributed by atoms with Crippen LogP contribution < -0.4 is 5.32 Å². The minimum atomic E-state index is -0.514. The van der Waals surface area contributed by atoms with Gasteiger partial charge in [-0.25, -0.2) is 4.98 Å². The molecule has 0 atom stereocenters. The van der Waals surface area contributed by atoms with Gasteiger partial charge in [0.15, 0.2) is 0 Å². The molecule has 1 aromatic carbocycles. The van der Waals surface area contributed by atoms with Crippen LogP contribution in [0.15, 0.2) is 48.8 Å². The number of halogens is 1. The molecule has 2 aromatic heterocycles. The molecule has 23 heavy (non-hydrogen) atoms. The number of aromatic nitrogens is 2. The first-order valence-corrected chi connectivity index (χ1v) is 6.89. The maximum atomic E-state index is 12.2. The van der Waals surface area contributed by atoms with Crippen molar-refractivity contribution in [3.05, 3.63) is 69.6 Å². The number of nitrogens with zero attached hydrogens (tertiary/aromatic N) is 3. The first kappa shape index (κ1) is 14.9. The number of fused-ring (bicyclic) bond motifs is 1. The van der Waals surface area contributed by atoms with Crippen LogP contribution in [-0.4, -0.2) is 20.8 Å². The lowest BCUT2D eigenvalue weighted by Gasteiger charge is -2.08. The third kappa shape index (κ3) is 2.95. The summed E-state index contributed by atoms with van der Waals surface area (Å²) < 4.78 is 0. The van der Waals surface area contributed by atoms with E-state index < -0.39 is 10.8 Å². The van der Waals surface area contributed by atoms with Gasteiger partial charge in [0.1, 0.15) is 11.2 Å². The van der Waals surface area contributed by atoms with Gasteiger partial charge < -0.3 is 5.32 Å². The Morgan fingerprint density at radius 2 is 2.00 bits per heavy atom. The van der Waals surface area contributed by atoms with E-state index in [1.807, 2.05) is 0 Å². The number of carbonyl (C=O) groups excluding carboxylic acids is 1. The quantitative estimate of drug-likeness (QED) is 0.586. The van der Waals surface area contributed by atoms with Crippen molar-refractivity contribution in [3.8, 4) is 0 Å². The summed E-state index contributed by atoms with van der Waals surface area (Å²) in [5.41, 5.74) is 0.632. The summed E-state index contributed by atoms with van der Waals surface area (Å²) >= 11 is 5.84. The summed E-state index contributed by atoms with van der Waals surface area (Å²) in [7, 11) is 0. The van der Waals surface area contributed by atoms with Gasteiger partial charge in [-0.2, -0.15) is 0 Å². The van der Waals surface area contributed by atoms with Crippen LogP contribution in [0.1, 0.15) is 10.5 Å². The van der Waals surface area contributed by atoms with Crippen LogP contribution in [0, 0.1) is 10.1 Å². The molecule has 1 amide bonds. The van der Waals surface area contributed by atoms with Gasteiger partial charge >= 0.3 is 0 Å². The molecule has 0 bridgehead atoms. The smallest absolute Gasteiger partial charge is 0.295 e. The van der Waals surface area contributed by atoms with Crippen molar-refractivity contribution in [1.82, 2.24) is 9.97 Å². The number of hydrogen-bond acceptors (Lipinski definition) is 5. The molecule has 0 spiro atoms. The number of non-ortho nitro benzene ring substituents is 1. The predicted octanol–water partition coefficient (Wildman–Crippen LogP) is 3.44. The van der Waals surface area contributed by atoms with Crippen LogP contribution in [0.3, 0.4) is 0 Å². The van der Waals surface area contributed by atoms with Gasteiger partial charge in [-0.05, 0) is 30.3 Å². The maximum absolute atomic E-state index is 12.2. The number of nitro groups is 1. The van der Waals surface area contributed by atoms with Gasteiger partial charge in [-0.15, -0.1) is 0 Å². The van der Waals surface area contributed by atoms with Crippen molar-refractivity contribution < 1.29 is 9.72 Å². The number of rotatable bonds is 3. The maximum Gasteiger partial charge on any atom is 0.295 e. The standard InChI is InChI=1S/C15H9ClN4O3/c16-9-5-7-17-12(8-9)15(21)19-11-3-4-13(20(22)23)14-10(11)2-1-6-18-14/h1-8H,(H,19,21). The fourth-order valence-electron chi connectivity index (χ4n) is 2.13. The number of amides is 1. The van der Waals surface area contributed by atoms with Crippen LogP contribution in [0.2, 0.25) is 5.02 Å². The van der Waals surface area contributed by atoms with E-state index in [9.17, 15) is 14.9 Å². The Morgan fingerprint density at radius 3 is 2.74 bits per heavy atom. The molecule has 0 saturated heterocycles. The third-order valence-corrected chi connectivity index (χ3v) is 3.38. The SMILES string of the molecule is O=C(Nc1ccc([N+](=O)[O-])c2ncccc12)c1cc(Cl)ccn1. The van der Waals surface area contributed by atoms with E-state index in [0.29, 0.717) is 16.1 Å². The molecule has 1 N–H and O–H groups in total. The van der Waals surface area contributed by atoms with Crippen LogP contribution in [0.5, 0.6) is 0 Å². The Hall–Kier alpha value is -3.06. The minimum absolute atomic E-state index is 0.125. The van der Waals surface area contributed by atoms with Crippen molar-refractivity contribution in [2.45, 2.75) is 0 Å². The molecule has 2 heterocycles. The normalized spacial score (nSPS) is 10.5. The number of benzene rings is 1. The molecule has 0 unspecified atom stereocenters. The monoisotopic (exact) mass is 328 g/mol. The van der Waals surface area contributed by atoms with E-state index >= 15 is 0 Å². The Morgan fingerprint density at radius 1 is 1.17 bits per heavy atom. The molecular formula is C15H9ClN4O3. The fourth-order valence-corrected chi connectivity index (χ4v) is 2.29. The van der Waals surface area contributed by atoms with E-state index in [4.69, 9.17) is 11.6 Å². The van der Waals surface area contributed by atoms with Crippen molar-refractivity contribution in [3.63, 3.8) is 0 Å². The van der Waals surface area contributed by atoms with Gasteiger partial charge in [-0.1, -0.05) is 11.6 Å². The molecule has 114 valence electrons. The fraction of sp³-hybridized carbons (Fsp3) is 0. The molecule has 0 aliphatic rings. The van der Waals surface area contributed by atoms with Gasteiger partial charge in [0.05, 0.1) is 10.6 Å². The van der Waals surface area contributed by atoms with Crippen LogP contribution >= 0.6 is 11.6 Å². The molecule has 0 fully saturated rings. The highest BCUT2D eigenvalue weighted by Crippen LogP contribution is 2.29. The topological polar surface area (TPSA) is 98.0 Å². The zero-order valence-electron chi connectivity index (χ0n) is 11.6. The van der Waals surface area contributed by atoms with Crippen molar-refractivity contribution in [2.24, 2.45) is 0 Å². The lowest BCUT2D eigenvalue weighted by atomic mass is 10.1. The zero-order valence-corrected chi connectivity index (χ0v) is 12.3. The lowest BCUT2D eigenvalue weighted by Crippen LogP contribution is -2.14. The van der Waals surface area contributed by atoms with Crippen molar-refractivity contribution in [2.75, 3.05) is 5.32 Å². The van der Waals surface area contributed by atoms with Gasteiger partial charge in [0.25, 0.3) is 11.6 Å². The largest absolute Gasteiger partial charge is 0.320 e. The molecule has 7 nitrogen and oxygen atoms in total. The molecule has 0 aliphatic carbocycles. The van der Waals surface area contributed by atoms with Crippen LogP contribution in [0.25, 0.3) is 10.9 Å². The average molecular weight is 329 g/mol. The Balaban J connectivity index is 2.03. The minimum Gasteiger partial charge on any atom is -0.320 e. The van der Waals surface area contributed by atoms with Gasteiger partial charge in [0.2, 0.25) is 0 Å². The number of nitrogens with one attached hydrogen (secondary N) is 1. The Kier molecular flexibility index (Phi) is 3.86. The highest BCUT2D eigenvalue weighted by Gasteiger charge is 2.17. The van der Waals surface area contributed by atoms with Crippen molar-refractivity contribution in [1.29, 1.82) is 0 Å². The molecule has 0 radical (unpaired) electrons. The lowest BCUT2D eigenvalue weighted by molar-refractivity contribution is -0.383. The van der Waals surface area contributed by atoms with Gasteiger partial charge in [0, 0.05) is 28.9 Å². The number of nitro benzene ring substituents is 1. The first-order chi connectivity index (χ1) is 11.1. The molecule has 8 heteroatoms. The number of anilines is 1. The van der Waals surface area contributed by atoms with Crippen LogP contribution in [0.4, 0.5) is 11.4 Å². The Labute approximate surface area is 135 Å². The van der Waals surface area contributed by atoms with Gasteiger partial charge in [-0.3, -0.25) is 19.9 Å². The molecular weight excluding hydrogens is 320 g/mol. The summed E-state index contributed by atoms with van der Waals surface area (Å²) in [6, 6.07) is 9.04. The van der Waals surface area contributed by atoms with E-state index in [1.54, 1.807) is 18.2 Å². The van der Waals surface area contributed by atoms with E-state index in [0.717, 1.165) is 0 Å². The molecule has 3 rings (SSSR count). The Bertz CT molecular complexity index is 929. The summed E-state index contributed by atoms with van der Waals surface area (Å²) in [5, 5.41) is 14.6. The predicted molar refractivity (Wildman–Crippen MR) is 85.6 cm³/mol. The molecule has 0 aliphatic heterocycles. The summed E-state index contributed by atoms with van der Waals surface area (Å²) in [4.78, 5) is 30.8. The van der Waals surface area contributed by atoms with E-state index in [1.165, 1.54) is 30.6 Å². The first-order valence-electron chi connectivity index (χ1n) is 6.51. The molecule has 3 aromatic rings. The highest BCUT2D eigenvalue weighted by atomic mass is 35.5. The summed E-state index contributed by atoms with van der Waals surface area (Å²) in [6.45, 7) is 0. The van der Waals surface area contributed by atoms with E-state index in [-0.39, 0.29) is 16.9 Å². The zero-order chi connectivity index (χ0) is 16.4. The van der Waals surface area contributed by atoms with Crippen LogP contribution in [-0.2, 0) is 0 Å². The van der Waals surface area contributed by atoms with E-state index in [2.05, 4.69) is 15.3 Å². The van der Waals surface area contributed by atoms with Crippen molar-refractivity contribution >= 4 is 39.8 Å². The number of pyridine rings is 2. The second kappa shape index (κ2) is 5.98. The second-order valence-electron chi connectivity index (χ2n) is 4.60. The number of hydrogen-bond donors (Lipinski definition) is 1. The second-order valence-corrected chi connectivity index (χ2v) is 5.04.